The van der Waals surface area contributed by atoms with Crippen LogP contribution in [-0.2, 0) is 14.3 Å². The van der Waals surface area contributed by atoms with E-state index in [0.29, 0.717) is 0 Å². The molecule has 0 rings (SSSR count). The molecule has 8 heteroatoms. The molecule has 0 N–H and O–H groups in total. The van der Waals surface area contributed by atoms with E-state index in [0.717, 1.165) is 6.92 Å². The molecule has 0 aliphatic carbocycles. The second-order valence-electron chi connectivity index (χ2n) is 1.86. The highest BCUT2D eigenvalue weighted by Crippen LogP contribution is 2.19. The third kappa shape index (κ3) is 17.6. The minimum Gasteiger partial charge on any atom is -0.393 e. The normalized spacial score (nSPS) is 9.86. The number of carbonyl (C=O) groups excluding carboxylic acids is 2. The number of rotatable bonds is 1. The Labute approximate surface area is 88.1 Å². The van der Waals surface area contributed by atoms with E-state index in [9.17, 15) is 22.8 Å². The standard InChI is InChI=1S/C5H5F3O3.CH2Cl2/c1-3(9)11-4(10)2-5(6,7)8;2-1-3/h2H2,1H3;1H2. The van der Waals surface area contributed by atoms with Crippen LogP contribution >= 0.6 is 23.2 Å². The van der Waals surface area contributed by atoms with Gasteiger partial charge >= 0.3 is 18.1 Å². The van der Waals surface area contributed by atoms with Crippen LogP contribution in [0, 0.1) is 0 Å². The molecule has 0 bridgehead atoms. The molecule has 0 aromatic rings. The Morgan fingerprint density at radius 1 is 1.29 bits per heavy atom. The molecule has 0 saturated carbocycles. The molecule has 0 aromatic carbocycles. The Morgan fingerprint density at radius 2 is 1.64 bits per heavy atom. The minimum absolute atomic E-state index is 0.194. The zero-order chi connectivity index (χ0) is 11.8. The molecule has 0 aliphatic heterocycles. The van der Waals surface area contributed by atoms with Gasteiger partial charge in [0.15, 0.2) is 0 Å². The minimum atomic E-state index is -4.62. The van der Waals surface area contributed by atoms with Crippen molar-refractivity contribution < 1.29 is 27.5 Å². The Hall–Kier alpha value is -0.490. The Bertz CT molecular complexity index is 193. The van der Waals surface area contributed by atoms with Gasteiger partial charge in [0.25, 0.3) is 0 Å². The van der Waals surface area contributed by atoms with Crippen molar-refractivity contribution in [1.82, 2.24) is 0 Å². The second kappa shape index (κ2) is 7.87. The van der Waals surface area contributed by atoms with E-state index in [1.54, 1.807) is 0 Å². The summed E-state index contributed by atoms with van der Waals surface area (Å²) in [4.78, 5) is 20.0. The first-order valence-electron chi connectivity index (χ1n) is 3.13. The predicted octanol–water partition coefficient (Wildman–Crippen LogP) is 2.45. The van der Waals surface area contributed by atoms with Crippen LogP contribution in [0.3, 0.4) is 0 Å². The quantitative estimate of drug-likeness (QED) is 0.410. The largest absolute Gasteiger partial charge is 0.399 e. The summed E-state index contributed by atoms with van der Waals surface area (Å²) in [5, 5.41) is 0.194. The zero-order valence-electron chi connectivity index (χ0n) is 7.03. The number of carbonyl (C=O) groups is 2. The van der Waals surface area contributed by atoms with Gasteiger partial charge in [0.05, 0.1) is 5.34 Å². The molecule has 14 heavy (non-hydrogen) atoms. The van der Waals surface area contributed by atoms with Crippen molar-refractivity contribution in [2.45, 2.75) is 19.5 Å². The number of hydrogen-bond donors (Lipinski definition) is 0. The molecule has 0 fully saturated rings. The summed E-state index contributed by atoms with van der Waals surface area (Å²) in [6.07, 6.45) is -6.35. The van der Waals surface area contributed by atoms with Crippen LogP contribution in [0.1, 0.15) is 13.3 Å². The lowest BCUT2D eigenvalue weighted by atomic mass is 10.4. The second-order valence-corrected chi connectivity index (χ2v) is 2.67. The van der Waals surface area contributed by atoms with Crippen LogP contribution in [0.2, 0.25) is 0 Å². The van der Waals surface area contributed by atoms with Gasteiger partial charge in [-0.3, -0.25) is 9.59 Å². The lowest BCUT2D eigenvalue weighted by Crippen LogP contribution is -2.18. The van der Waals surface area contributed by atoms with Crippen molar-refractivity contribution in [1.29, 1.82) is 0 Å². The first-order chi connectivity index (χ1) is 6.22. The van der Waals surface area contributed by atoms with Crippen LogP contribution in [-0.4, -0.2) is 23.5 Å². The number of esters is 2. The zero-order valence-corrected chi connectivity index (χ0v) is 8.54. The molecule has 0 radical (unpaired) electrons. The molecule has 0 heterocycles. The Morgan fingerprint density at radius 3 is 1.86 bits per heavy atom. The van der Waals surface area contributed by atoms with Gasteiger partial charge in [-0.25, -0.2) is 0 Å². The van der Waals surface area contributed by atoms with Gasteiger partial charge in [-0.05, 0) is 0 Å². The van der Waals surface area contributed by atoms with Gasteiger partial charge in [0.2, 0.25) is 0 Å². The summed E-state index contributed by atoms with van der Waals surface area (Å²) >= 11 is 9.53. The van der Waals surface area contributed by atoms with E-state index in [2.05, 4.69) is 4.74 Å². The van der Waals surface area contributed by atoms with Gasteiger partial charge < -0.3 is 4.74 Å². The third-order valence-electron chi connectivity index (χ3n) is 0.602. The van der Waals surface area contributed by atoms with Crippen molar-refractivity contribution >= 4 is 35.1 Å². The summed E-state index contributed by atoms with van der Waals surface area (Å²) in [6.45, 7) is 0.855. The number of ether oxygens (including phenoxy) is 1. The van der Waals surface area contributed by atoms with Crippen LogP contribution in [0.15, 0.2) is 0 Å². The fourth-order valence-electron chi connectivity index (χ4n) is 0.360. The summed E-state index contributed by atoms with van der Waals surface area (Å²) in [7, 11) is 0. The SMILES string of the molecule is CC(=O)OC(=O)CC(F)(F)F.ClCCl. The third-order valence-corrected chi connectivity index (χ3v) is 0.602. The first-order valence-corrected chi connectivity index (χ1v) is 4.19. The maximum atomic E-state index is 11.3. The summed E-state index contributed by atoms with van der Waals surface area (Å²) in [6, 6.07) is 0. The molecule has 0 spiro atoms. The van der Waals surface area contributed by atoms with Crippen molar-refractivity contribution in [3.8, 4) is 0 Å². The molecule has 0 unspecified atom stereocenters. The molecule has 84 valence electrons. The highest BCUT2D eigenvalue weighted by Gasteiger charge is 2.32. The van der Waals surface area contributed by atoms with Crippen LogP contribution in [0.5, 0.6) is 0 Å². The number of alkyl halides is 5. The van der Waals surface area contributed by atoms with Gasteiger partial charge in [0.1, 0.15) is 6.42 Å². The highest BCUT2D eigenvalue weighted by molar-refractivity contribution is 6.40. The average Bonchev–Trinajstić information content (AvgIpc) is 1.80. The molecular formula is C6H7Cl2F3O3. The lowest BCUT2D eigenvalue weighted by molar-refractivity contribution is -0.175. The van der Waals surface area contributed by atoms with Crippen molar-refractivity contribution in [3.05, 3.63) is 0 Å². The van der Waals surface area contributed by atoms with Crippen molar-refractivity contribution in [2.75, 3.05) is 5.34 Å². The van der Waals surface area contributed by atoms with Crippen molar-refractivity contribution in [2.24, 2.45) is 0 Å². The van der Waals surface area contributed by atoms with E-state index >= 15 is 0 Å². The van der Waals surface area contributed by atoms with Gasteiger partial charge in [-0.1, -0.05) is 0 Å². The molecular weight excluding hydrogens is 248 g/mol. The summed E-state index contributed by atoms with van der Waals surface area (Å²) in [5.41, 5.74) is 0. The van der Waals surface area contributed by atoms with E-state index in [1.165, 1.54) is 0 Å². The van der Waals surface area contributed by atoms with Crippen LogP contribution < -0.4 is 0 Å². The topological polar surface area (TPSA) is 43.4 Å². The molecule has 0 atom stereocenters. The number of hydrogen-bond acceptors (Lipinski definition) is 3. The van der Waals surface area contributed by atoms with E-state index in [1.807, 2.05) is 0 Å². The Balaban J connectivity index is 0. The van der Waals surface area contributed by atoms with E-state index in [-0.39, 0.29) is 5.34 Å². The first kappa shape index (κ1) is 16.0. The Kier molecular flexibility index (Phi) is 8.97. The fraction of sp³-hybridized carbons (Fsp3) is 0.667. The molecule has 0 saturated heterocycles. The van der Waals surface area contributed by atoms with Gasteiger partial charge in [-0.2, -0.15) is 13.2 Å². The van der Waals surface area contributed by atoms with Gasteiger partial charge in [-0.15, -0.1) is 23.2 Å². The smallest absolute Gasteiger partial charge is 0.393 e. The predicted molar refractivity (Wildman–Crippen MR) is 44.0 cm³/mol. The number of halogens is 5. The van der Waals surface area contributed by atoms with Crippen molar-refractivity contribution in [3.63, 3.8) is 0 Å². The lowest BCUT2D eigenvalue weighted by Gasteiger charge is -2.03. The molecule has 0 amide bonds. The molecule has 0 aliphatic rings. The average molecular weight is 255 g/mol. The summed E-state index contributed by atoms with van der Waals surface area (Å²) < 4.78 is 37.7. The van der Waals surface area contributed by atoms with Crippen LogP contribution in [0.25, 0.3) is 0 Å². The van der Waals surface area contributed by atoms with Crippen LogP contribution in [0.4, 0.5) is 13.2 Å². The molecule has 0 aromatic heterocycles. The highest BCUT2D eigenvalue weighted by atomic mass is 35.5. The van der Waals surface area contributed by atoms with E-state index < -0.39 is 24.5 Å². The van der Waals surface area contributed by atoms with Gasteiger partial charge in [0, 0.05) is 6.92 Å². The fourth-order valence-corrected chi connectivity index (χ4v) is 0.360. The monoisotopic (exact) mass is 254 g/mol. The molecule has 3 nitrogen and oxygen atoms in total. The maximum absolute atomic E-state index is 11.3. The summed E-state index contributed by atoms with van der Waals surface area (Å²) in [5.74, 6) is -2.62. The van der Waals surface area contributed by atoms with E-state index in [4.69, 9.17) is 23.2 Å². The maximum Gasteiger partial charge on any atom is 0.399 e.